The Labute approximate surface area is 107 Å². The summed E-state index contributed by atoms with van der Waals surface area (Å²) in [6.45, 7) is -0.235. The minimum absolute atomic E-state index is 0.174. The van der Waals surface area contributed by atoms with Gasteiger partial charge >= 0.3 is 0 Å². The monoisotopic (exact) mass is 260 g/mol. The summed E-state index contributed by atoms with van der Waals surface area (Å²) in [5.74, 6) is 0. The van der Waals surface area contributed by atoms with Crippen molar-refractivity contribution in [2.75, 3.05) is 6.54 Å². The number of aromatic nitrogens is 1. The molecule has 2 rings (SSSR count). The highest BCUT2D eigenvalue weighted by molar-refractivity contribution is 5.78. The van der Waals surface area contributed by atoms with E-state index in [2.05, 4.69) is 15.0 Å². The number of fused-ring (bicyclic) bond motifs is 1. The Morgan fingerprint density at radius 2 is 2.16 bits per heavy atom. The van der Waals surface area contributed by atoms with Crippen molar-refractivity contribution in [3.63, 3.8) is 0 Å². The molecule has 0 aliphatic rings. The van der Waals surface area contributed by atoms with Crippen LogP contribution in [0.1, 0.15) is 11.7 Å². The van der Waals surface area contributed by atoms with Crippen LogP contribution in [0.15, 0.2) is 40.4 Å². The van der Waals surface area contributed by atoms with Crippen LogP contribution in [0.2, 0.25) is 0 Å². The third kappa shape index (κ3) is 2.74. The van der Waals surface area contributed by atoms with E-state index in [1.165, 1.54) is 18.3 Å². The van der Waals surface area contributed by atoms with Crippen molar-refractivity contribution < 1.29 is 10.2 Å². The van der Waals surface area contributed by atoms with Crippen LogP contribution < -0.4 is 5.43 Å². The van der Waals surface area contributed by atoms with Crippen molar-refractivity contribution in [2.24, 2.45) is 5.11 Å². The van der Waals surface area contributed by atoms with Crippen LogP contribution in [0.3, 0.4) is 0 Å². The Balaban J connectivity index is 2.37. The lowest BCUT2D eigenvalue weighted by molar-refractivity contribution is 0.0245. The quantitative estimate of drug-likeness (QED) is 0.435. The zero-order valence-electron chi connectivity index (χ0n) is 9.89. The van der Waals surface area contributed by atoms with E-state index < -0.39 is 12.2 Å². The van der Waals surface area contributed by atoms with Gasteiger partial charge in [-0.15, -0.1) is 0 Å². The lowest BCUT2D eigenvalue weighted by atomic mass is 10.0. The first-order valence-corrected chi connectivity index (χ1v) is 5.62. The lowest BCUT2D eigenvalue weighted by Crippen LogP contribution is -2.21. The van der Waals surface area contributed by atoms with Gasteiger partial charge in [0.1, 0.15) is 6.10 Å². The first-order valence-electron chi connectivity index (χ1n) is 5.62. The molecule has 1 aromatic heterocycles. The first-order chi connectivity index (χ1) is 9.13. The molecule has 1 aromatic carbocycles. The number of nitrogens with one attached hydrogen (secondary N) is 1. The highest BCUT2D eigenvalue weighted by atomic mass is 16.3. The Morgan fingerprint density at radius 1 is 1.37 bits per heavy atom. The fourth-order valence-electron chi connectivity index (χ4n) is 1.81. The third-order valence-corrected chi connectivity index (χ3v) is 2.82. The number of aliphatic hydroxyl groups is 2. The van der Waals surface area contributed by atoms with E-state index in [1.807, 2.05) is 0 Å². The maximum atomic E-state index is 11.7. The molecule has 2 atom stereocenters. The Bertz CT molecular complexity index is 691. The molecule has 0 spiro atoms. The zero-order valence-corrected chi connectivity index (χ0v) is 9.89. The summed E-state index contributed by atoms with van der Waals surface area (Å²) in [7, 11) is 0. The molecule has 0 aliphatic carbocycles. The summed E-state index contributed by atoms with van der Waals surface area (Å²) in [6.07, 6.45) is -0.886. The first kappa shape index (κ1) is 13.1. The number of benzene rings is 1. The number of azide groups is 1. The van der Waals surface area contributed by atoms with Crippen LogP contribution in [-0.2, 0) is 0 Å². The number of pyridine rings is 1. The van der Waals surface area contributed by atoms with Gasteiger partial charge < -0.3 is 15.2 Å². The van der Waals surface area contributed by atoms with Crippen LogP contribution in [-0.4, -0.2) is 27.8 Å². The second-order valence-electron chi connectivity index (χ2n) is 4.07. The van der Waals surface area contributed by atoms with Crippen molar-refractivity contribution in [2.45, 2.75) is 12.2 Å². The molecule has 7 heteroatoms. The van der Waals surface area contributed by atoms with Crippen LogP contribution in [0, 0.1) is 0 Å². The van der Waals surface area contributed by atoms with E-state index in [-0.39, 0.29) is 12.0 Å². The van der Waals surface area contributed by atoms with Gasteiger partial charge in [0.2, 0.25) is 0 Å². The van der Waals surface area contributed by atoms with E-state index in [1.54, 1.807) is 12.1 Å². The van der Waals surface area contributed by atoms with Crippen molar-refractivity contribution in [1.82, 2.24) is 4.98 Å². The van der Waals surface area contributed by atoms with Gasteiger partial charge in [0, 0.05) is 28.1 Å². The second kappa shape index (κ2) is 5.53. The van der Waals surface area contributed by atoms with Gasteiger partial charge in [0.05, 0.1) is 12.6 Å². The van der Waals surface area contributed by atoms with Gasteiger partial charge in [0.25, 0.3) is 0 Å². The number of aromatic amines is 1. The molecule has 0 amide bonds. The van der Waals surface area contributed by atoms with Gasteiger partial charge in [-0.1, -0.05) is 11.2 Å². The van der Waals surface area contributed by atoms with Crippen LogP contribution in [0.4, 0.5) is 0 Å². The Hall–Kier alpha value is -2.34. The molecule has 1 heterocycles. The number of hydrogen-bond acceptors (Lipinski definition) is 4. The van der Waals surface area contributed by atoms with Crippen LogP contribution in [0.25, 0.3) is 21.3 Å². The summed E-state index contributed by atoms with van der Waals surface area (Å²) in [5, 5.41) is 23.2. The van der Waals surface area contributed by atoms with Crippen molar-refractivity contribution in [3.8, 4) is 0 Å². The Kier molecular flexibility index (Phi) is 3.82. The van der Waals surface area contributed by atoms with Gasteiger partial charge in [-0.3, -0.25) is 4.79 Å². The number of hydrogen-bond donors (Lipinski definition) is 3. The van der Waals surface area contributed by atoms with Crippen LogP contribution >= 0.6 is 0 Å². The minimum Gasteiger partial charge on any atom is -0.390 e. The molecule has 98 valence electrons. The van der Waals surface area contributed by atoms with E-state index >= 15 is 0 Å². The lowest BCUT2D eigenvalue weighted by Gasteiger charge is -2.16. The highest BCUT2D eigenvalue weighted by Gasteiger charge is 2.18. The summed E-state index contributed by atoms with van der Waals surface area (Å²) >= 11 is 0. The van der Waals surface area contributed by atoms with Gasteiger partial charge in [-0.05, 0) is 23.2 Å². The molecule has 7 nitrogen and oxygen atoms in total. The maximum absolute atomic E-state index is 11.7. The number of rotatable bonds is 4. The molecule has 0 aliphatic heterocycles. The van der Waals surface area contributed by atoms with Gasteiger partial charge in [-0.25, -0.2) is 0 Å². The predicted molar refractivity (Wildman–Crippen MR) is 69.5 cm³/mol. The van der Waals surface area contributed by atoms with Gasteiger partial charge in [0.15, 0.2) is 5.43 Å². The molecular weight excluding hydrogens is 248 g/mol. The molecule has 3 N–H and O–H groups in total. The third-order valence-electron chi connectivity index (χ3n) is 2.82. The molecule has 0 bridgehead atoms. The predicted octanol–water partition coefficient (Wildman–Crippen LogP) is 1.23. The molecule has 2 unspecified atom stereocenters. The SMILES string of the molecule is [N-]=[N+]=NCC(O)C(O)c1ccc2[nH]ccc(=O)c2c1. The van der Waals surface area contributed by atoms with Gasteiger partial charge in [-0.2, -0.15) is 0 Å². The van der Waals surface area contributed by atoms with Crippen LogP contribution in [0.5, 0.6) is 0 Å². The number of nitrogens with zero attached hydrogens (tertiary/aromatic N) is 3. The molecule has 0 radical (unpaired) electrons. The molecule has 19 heavy (non-hydrogen) atoms. The van der Waals surface area contributed by atoms with Crippen molar-refractivity contribution >= 4 is 10.9 Å². The Morgan fingerprint density at radius 3 is 2.89 bits per heavy atom. The summed E-state index contributed by atoms with van der Waals surface area (Å²) in [6, 6.07) is 6.14. The molecular formula is C12H12N4O3. The number of aliphatic hydroxyl groups excluding tert-OH is 2. The van der Waals surface area contributed by atoms with E-state index in [0.29, 0.717) is 16.5 Å². The molecule has 0 fully saturated rings. The van der Waals surface area contributed by atoms with E-state index in [4.69, 9.17) is 5.53 Å². The average Bonchev–Trinajstić information content (AvgIpc) is 2.44. The normalized spacial score (nSPS) is 13.8. The minimum atomic E-state index is -1.21. The zero-order chi connectivity index (χ0) is 13.8. The van der Waals surface area contributed by atoms with E-state index in [0.717, 1.165) is 0 Å². The highest BCUT2D eigenvalue weighted by Crippen LogP contribution is 2.20. The summed E-state index contributed by atoms with van der Waals surface area (Å²) in [4.78, 5) is 17.1. The second-order valence-corrected chi connectivity index (χ2v) is 4.07. The fourth-order valence-corrected chi connectivity index (χ4v) is 1.81. The standard InChI is InChI=1S/C12H12N4O3/c13-16-15-6-11(18)12(19)7-1-2-9-8(5-7)10(17)3-4-14-9/h1-5,11-12,18-19H,6H2,(H,14,17). The molecule has 0 saturated heterocycles. The molecule has 2 aromatic rings. The number of H-pyrrole nitrogens is 1. The smallest absolute Gasteiger partial charge is 0.189 e. The van der Waals surface area contributed by atoms with E-state index in [9.17, 15) is 15.0 Å². The maximum Gasteiger partial charge on any atom is 0.189 e. The van der Waals surface area contributed by atoms with Crippen molar-refractivity contribution in [3.05, 3.63) is 56.7 Å². The average molecular weight is 260 g/mol. The molecule has 0 saturated carbocycles. The topological polar surface area (TPSA) is 122 Å². The van der Waals surface area contributed by atoms with Crippen molar-refractivity contribution in [1.29, 1.82) is 0 Å². The summed E-state index contributed by atoms with van der Waals surface area (Å²) < 4.78 is 0. The fraction of sp³-hybridized carbons (Fsp3) is 0.250. The summed E-state index contributed by atoms with van der Waals surface area (Å²) in [5.41, 5.74) is 9.03. The largest absolute Gasteiger partial charge is 0.390 e.